The molecule has 1 fully saturated rings. The summed E-state index contributed by atoms with van der Waals surface area (Å²) in [5.41, 5.74) is 9.86. The molecular formula is C29H45B3N4. The zero-order valence-corrected chi connectivity index (χ0v) is 22.7. The number of nitrogens with two attached hydrogens (primary N) is 1. The molecule has 7 heteroatoms. The van der Waals surface area contributed by atoms with E-state index in [1.165, 1.54) is 10.9 Å². The molecule has 0 spiro atoms. The van der Waals surface area contributed by atoms with Gasteiger partial charge < -0.3 is 0 Å². The Balaban J connectivity index is 3.18. The Morgan fingerprint density at radius 1 is 0.861 bits per heavy atom. The molecule has 1 unspecified atom stereocenters. The van der Waals surface area contributed by atoms with Gasteiger partial charge >= 0.3 is 223 Å². The van der Waals surface area contributed by atoms with E-state index in [2.05, 4.69) is 79.8 Å². The Bertz CT molecular complexity index is 883. The monoisotopic (exact) mass is 482 g/mol. The summed E-state index contributed by atoms with van der Waals surface area (Å²) in [4.78, 5) is 7.51. The third kappa shape index (κ3) is 13.2. The molecule has 1 aliphatic heterocycles. The summed E-state index contributed by atoms with van der Waals surface area (Å²) in [6, 6.07) is 0.244. The normalized spacial score (nSPS) is 19.6. The van der Waals surface area contributed by atoms with Crippen molar-refractivity contribution in [1.82, 2.24) is 14.7 Å². The minimum absolute atomic E-state index is 0.244. The summed E-state index contributed by atoms with van der Waals surface area (Å²) in [6.45, 7) is 34.4. The van der Waals surface area contributed by atoms with Gasteiger partial charge in [0, 0.05) is 0 Å². The fourth-order valence-electron chi connectivity index (χ4n) is 4.06. The molecule has 4 nitrogen and oxygen atoms in total. The molecule has 1 saturated heterocycles. The van der Waals surface area contributed by atoms with Gasteiger partial charge in [-0.3, -0.25) is 0 Å². The van der Waals surface area contributed by atoms with Crippen LogP contribution in [0.5, 0.6) is 0 Å². The summed E-state index contributed by atoms with van der Waals surface area (Å²) in [5, 5.41) is 0. The van der Waals surface area contributed by atoms with Crippen molar-refractivity contribution >= 4 is 37.7 Å². The fourth-order valence-corrected chi connectivity index (χ4v) is 4.06. The van der Waals surface area contributed by atoms with Gasteiger partial charge in [-0.15, -0.1) is 0 Å². The zero-order valence-electron chi connectivity index (χ0n) is 22.7. The Labute approximate surface area is 223 Å². The first kappa shape index (κ1) is 31.9. The van der Waals surface area contributed by atoms with Crippen molar-refractivity contribution in [3.05, 3.63) is 86.3 Å². The molecule has 0 aliphatic carbocycles. The number of nitrogens with zero attached hydrogens (tertiary/aromatic N) is 3. The van der Waals surface area contributed by atoms with E-state index in [0.717, 1.165) is 57.8 Å². The van der Waals surface area contributed by atoms with Crippen LogP contribution in [-0.4, -0.2) is 117 Å². The Hall–Kier alpha value is -2.18. The molecule has 0 radical (unpaired) electrons. The van der Waals surface area contributed by atoms with Crippen molar-refractivity contribution in [2.24, 2.45) is 5.73 Å². The summed E-state index contributed by atoms with van der Waals surface area (Å²) < 4.78 is 0. The molecule has 0 bridgehead atoms. The summed E-state index contributed by atoms with van der Waals surface area (Å²) in [5.74, 6) is 6.17. The third-order valence-corrected chi connectivity index (χ3v) is 6.13. The number of hydrogen-bond acceptors (Lipinski definition) is 4. The average Bonchev–Trinajstić information content (AvgIpc) is 2.96. The number of hydrogen-bond donors (Lipinski definition) is 1. The Morgan fingerprint density at radius 3 is 2.06 bits per heavy atom. The van der Waals surface area contributed by atoms with Crippen LogP contribution in [0.2, 0.25) is 0 Å². The molecule has 0 aromatic rings. The molecule has 0 amide bonds. The van der Waals surface area contributed by atoms with E-state index in [9.17, 15) is 0 Å². The van der Waals surface area contributed by atoms with E-state index in [1.807, 2.05) is 50.2 Å². The predicted octanol–water partition coefficient (Wildman–Crippen LogP) is 2.19. The maximum atomic E-state index is 6.35. The van der Waals surface area contributed by atoms with Crippen LogP contribution >= 0.6 is 0 Å². The standard InChI is InChI=1S/C29H45B3N4/c1-7-12-13-16-30-26(6)22-35-18-17-34(23-27(10-4)31-14-8-2)19-20-36(29(21-33)25-35)24-28(11-5)32-15-9-3/h7-16,29H,1,4-6,17-25,33H2,2-3H3/b13-12-,14-8-,15-9-. The van der Waals surface area contributed by atoms with Gasteiger partial charge in [-0.1, -0.05) is 0 Å². The van der Waals surface area contributed by atoms with Gasteiger partial charge in [0.25, 0.3) is 0 Å². The molecule has 1 rings (SSSR count). The molecule has 0 saturated carbocycles. The topological polar surface area (TPSA) is 35.7 Å². The number of rotatable bonds is 14. The van der Waals surface area contributed by atoms with E-state index in [1.54, 1.807) is 6.08 Å². The van der Waals surface area contributed by atoms with Crippen LogP contribution in [-0.2, 0) is 0 Å². The first-order chi connectivity index (χ1) is 17.5. The van der Waals surface area contributed by atoms with Crippen LogP contribution in [0.25, 0.3) is 0 Å². The zero-order chi connectivity index (χ0) is 26.6. The van der Waals surface area contributed by atoms with E-state index < -0.39 is 0 Å². The first-order valence-corrected chi connectivity index (χ1v) is 12.9. The summed E-state index contributed by atoms with van der Waals surface area (Å²) in [6.07, 6.45) is 13.7. The van der Waals surface area contributed by atoms with Gasteiger partial charge in [0.1, 0.15) is 0 Å². The minimum atomic E-state index is 0.244. The van der Waals surface area contributed by atoms with Crippen molar-refractivity contribution in [3.8, 4) is 0 Å². The molecule has 2 N–H and O–H groups in total. The van der Waals surface area contributed by atoms with E-state index in [-0.39, 0.29) is 6.04 Å². The average molecular weight is 482 g/mol. The van der Waals surface area contributed by atoms with E-state index in [4.69, 9.17) is 5.73 Å². The number of allylic oxidation sites excluding steroid dienone is 5. The second-order valence-corrected chi connectivity index (χ2v) is 8.95. The summed E-state index contributed by atoms with van der Waals surface area (Å²) in [7, 11) is 0. The van der Waals surface area contributed by atoms with Crippen LogP contribution in [0, 0.1) is 0 Å². The van der Waals surface area contributed by atoms with Gasteiger partial charge in [0.05, 0.1) is 0 Å². The van der Waals surface area contributed by atoms with Gasteiger partial charge in [-0.05, 0) is 0 Å². The predicted molar refractivity (Wildman–Crippen MR) is 169 cm³/mol. The Kier molecular flexibility index (Phi) is 17.7. The Morgan fingerprint density at radius 2 is 1.47 bits per heavy atom. The molecule has 0 aromatic heterocycles. The molecule has 1 heterocycles. The van der Waals surface area contributed by atoms with Crippen molar-refractivity contribution < 1.29 is 0 Å². The molecule has 190 valence electrons. The van der Waals surface area contributed by atoms with Crippen LogP contribution in [0.4, 0.5) is 0 Å². The molecule has 1 aliphatic rings. The van der Waals surface area contributed by atoms with Crippen molar-refractivity contribution in [1.29, 1.82) is 0 Å². The van der Waals surface area contributed by atoms with Crippen LogP contribution in [0.3, 0.4) is 0 Å². The first-order valence-electron chi connectivity index (χ1n) is 12.9. The second-order valence-electron chi connectivity index (χ2n) is 8.95. The van der Waals surface area contributed by atoms with Crippen LogP contribution in [0.1, 0.15) is 13.8 Å². The van der Waals surface area contributed by atoms with Crippen molar-refractivity contribution in [3.63, 3.8) is 0 Å². The van der Waals surface area contributed by atoms with Crippen LogP contribution in [0.15, 0.2) is 86.3 Å². The van der Waals surface area contributed by atoms with Gasteiger partial charge in [0.15, 0.2) is 0 Å². The van der Waals surface area contributed by atoms with E-state index in [0.29, 0.717) is 6.54 Å². The van der Waals surface area contributed by atoms with Crippen LogP contribution < -0.4 is 5.73 Å². The quantitative estimate of drug-likeness (QED) is 0.305. The van der Waals surface area contributed by atoms with Crippen molar-refractivity contribution in [2.45, 2.75) is 19.9 Å². The van der Waals surface area contributed by atoms with E-state index >= 15 is 0 Å². The van der Waals surface area contributed by atoms with Gasteiger partial charge in [-0.25, -0.2) is 0 Å². The molecule has 36 heavy (non-hydrogen) atoms. The van der Waals surface area contributed by atoms with Gasteiger partial charge in [-0.2, -0.15) is 0 Å². The van der Waals surface area contributed by atoms with Crippen molar-refractivity contribution in [2.75, 3.05) is 58.9 Å². The maximum absolute atomic E-state index is 6.35. The van der Waals surface area contributed by atoms with Gasteiger partial charge in [0.2, 0.25) is 0 Å². The molecule has 1 atom stereocenters. The fraction of sp³-hybridized carbons (Fsp3) is 0.414. The second kappa shape index (κ2) is 19.9. The SMILES string of the molecule is C=C/C=C\C=BC(=C)CN1CCN(CC(=B/C=C\C)C=C)CCN(CC(=B/C=C\C)C=C)C(CN)C1. The third-order valence-electron chi connectivity index (χ3n) is 6.13. The summed E-state index contributed by atoms with van der Waals surface area (Å²) >= 11 is 0. The molecule has 0 aromatic carbocycles. The molecular weight excluding hydrogens is 437 g/mol.